The van der Waals surface area contributed by atoms with Crippen molar-refractivity contribution >= 4 is 26.6 Å². The second-order valence-electron chi connectivity index (χ2n) is 4.85. The molecule has 0 saturated heterocycles. The molecule has 0 spiro atoms. The second kappa shape index (κ2) is 4.82. The van der Waals surface area contributed by atoms with E-state index in [1.807, 2.05) is 0 Å². The van der Waals surface area contributed by atoms with Gasteiger partial charge in [0.1, 0.15) is 0 Å². The van der Waals surface area contributed by atoms with Crippen molar-refractivity contribution < 1.29 is 0 Å². The first-order chi connectivity index (χ1) is 7.27. The van der Waals surface area contributed by atoms with Gasteiger partial charge in [-0.25, -0.2) is 0 Å². The highest BCUT2D eigenvalue weighted by Crippen LogP contribution is 2.28. The molecule has 0 aliphatic carbocycles. The standard InChI is InChI=1S/C12H17BrN2S/c1-8-6-10(13)7-9(2)11(8)16(15-14)12(3,4)5/h6-7H,1-5H3. The molecule has 0 aromatic heterocycles. The molecule has 0 radical (unpaired) electrons. The van der Waals surface area contributed by atoms with Gasteiger partial charge in [-0.05, 0) is 57.9 Å². The highest BCUT2D eigenvalue weighted by atomic mass is 79.9. The molecular weight excluding hydrogens is 284 g/mol. The van der Waals surface area contributed by atoms with E-state index in [9.17, 15) is 5.53 Å². The summed E-state index contributed by atoms with van der Waals surface area (Å²) in [5.41, 5.74) is 11.6. The van der Waals surface area contributed by atoms with Crippen LogP contribution in [0.15, 0.2) is 21.5 Å². The lowest BCUT2D eigenvalue weighted by atomic mass is 10.2. The number of rotatable bonds is 1. The molecule has 0 fully saturated rings. The molecule has 16 heavy (non-hydrogen) atoms. The van der Waals surface area contributed by atoms with Crippen molar-refractivity contribution in [2.75, 3.05) is 0 Å². The number of nitrogens with zero attached hydrogens (tertiary/aromatic N) is 2. The summed E-state index contributed by atoms with van der Waals surface area (Å²) < 4.78 is 4.61. The summed E-state index contributed by atoms with van der Waals surface area (Å²) in [5.74, 6) is 0. The zero-order valence-corrected chi connectivity index (χ0v) is 12.7. The lowest BCUT2D eigenvalue weighted by molar-refractivity contribution is 0.791. The highest BCUT2D eigenvalue weighted by molar-refractivity contribution is 9.10. The first kappa shape index (κ1) is 13.6. The maximum absolute atomic E-state index is 9.26. The SMILES string of the molecule is Cc1cc(Br)cc(C)c1S(=[N+]=[N-])C(C)(C)C. The minimum absolute atomic E-state index is 0.0574. The van der Waals surface area contributed by atoms with Crippen LogP contribution in [0.3, 0.4) is 0 Å². The molecular formula is C12H17BrN2S. The molecule has 1 unspecified atom stereocenters. The van der Waals surface area contributed by atoms with Crippen LogP contribution < -0.4 is 4.16 Å². The van der Waals surface area contributed by atoms with E-state index in [1.165, 1.54) is 11.1 Å². The van der Waals surface area contributed by atoms with E-state index in [-0.39, 0.29) is 4.75 Å². The van der Waals surface area contributed by atoms with Gasteiger partial charge in [0.2, 0.25) is 0 Å². The molecule has 0 amide bonds. The van der Waals surface area contributed by atoms with Crippen LogP contribution in [0.2, 0.25) is 0 Å². The quantitative estimate of drug-likeness (QED) is 0.553. The maximum atomic E-state index is 9.26. The Bertz CT molecular complexity index is 445. The molecule has 1 rings (SSSR count). The molecule has 1 aromatic rings. The normalized spacial score (nSPS) is 13.4. The molecule has 1 atom stereocenters. The average Bonchev–Trinajstić information content (AvgIpc) is 2.08. The van der Waals surface area contributed by atoms with Crippen LogP contribution in [0.5, 0.6) is 0 Å². The number of halogens is 1. The molecule has 88 valence electrons. The first-order valence-electron chi connectivity index (χ1n) is 5.13. The summed E-state index contributed by atoms with van der Waals surface area (Å²) in [6.07, 6.45) is 0. The van der Waals surface area contributed by atoms with Crippen molar-refractivity contribution in [3.63, 3.8) is 0 Å². The van der Waals surface area contributed by atoms with Gasteiger partial charge in [-0.3, -0.25) is 0 Å². The fraction of sp³-hybridized carbons (Fsp3) is 0.500. The van der Waals surface area contributed by atoms with Crippen LogP contribution in [0.4, 0.5) is 0 Å². The topological polar surface area (TPSA) is 36.4 Å². The maximum Gasteiger partial charge on any atom is 0.196 e. The Morgan fingerprint density at radius 1 is 1.19 bits per heavy atom. The Morgan fingerprint density at radius 3 is 1.94 bits per heavy atom. The van der Waals surface area contributed by atoms with Gasteiger partial charge in [-0.1, -0.05) is 15.9 Å². The zero-order valence-electron chi connectivity index (χ0n) is 10.3. The molecule has 2 nitrogen and oxygen atoms in total. The Morgan fingerprint density at radius 2 is 1.62 bits per heavy atom. The third kappa shape index (κ3) is 2.82. The third-order valence-electron chi connectivity index (χ3n) is 2.28. The summed E-state index contributed by atoms with van der Waals surface area (Å²) >= 11 is 3.48. The fourth-order valence-electron chi connectivity index (χ4n) is 1.67. The smallest absolute Gasteiger partial charge is 0.196 e. The Kier molecular flexibility index (Phi) is 4.11. The number of benzene rings is 1. The van der Waals surface area contributed by atoms with Gasteiger partial charge < -0.3 is 5.53 Å². The number of hydrogen-bond acceptors (Lipinski definition) is 0. The molecule has 0 N–H and O–H groups in total. The molecule has 4 heteroatoms. The summed E-state index contributed by atoms with van der Waals surface area (Å²) in [4.78, 5) is 1.15. The zero-order chi connectivity index (χ0) is 12.5. The van der Waals surface area contributed by atoms with Crippen molar-refractivity contribution in [1.29, 1.82) is 0 Å². The van der Waals surface area contributed by atoms with Crippen LogP contribution in [0.1, 0.15) is 31.9 Å². The molecule has 1 aromatic carbocycles. The van der Waals surface area contributed by atoms with Crippen LogP contribution in [0.25, 0.3) is 5.53 Å². The third-order valence-corrected chi connectivity index (χ3v) is 5.09. The summed E-state index contributed by atoms with van der Waals surface area (Å²) in [7, 11) is -0.484. The van der Waals surface area contributed by atoms with E-state index >= 15 is 0 Å². The second-order valence-corrected chi connectivity index (χ2v) is 8.13. The van der Waals surface area contributed by atoms with Crippen molar-refractivity contribution in [3.8, 4) is 0 Å². The van der Waals surface area contributed by atoms with E-state index < -0.39 is 10.7 Å². The minimum atomic E-state index is -0.484. The Labute approximate surface area is 108 Å². The molecule has 0 saturated carbocycles. The van der Waals surface area contributed by atoms with Crippen LogP contribution in [-0.4, -0.2) is 4.75 Å². The van der Waals surface area contributed by atoms with Crippen LogP contribution in [-0.2, 0) is 10.7 Å². The van der Waals surface area contributed by atoms with E-state index in [1.54, 1.807) is 0 Å². The predicted molar refractivity (Wildman–Crippen MR) is 74.5 cm³/mol. The highest BCUT2D eigenvalue weighted by Gasteiger charge is 2.29. The molecule has 0 bridgehead atoms. The summed E-state index contributed by atoms with van der Waals surface area (Å²) in [6.45, 7) is 10.4. The van der Waals surface area contributed by atoms with E-state index in [0.717, 1.165) is 9.37 Å². The number of hydrogen-bond donors (Lipinski definition) is 0. The van der Waals surface area contributed by atoms with Crippen LogP contribution >= 0.6 is 15.9 Å². The molecule has 0 aliphatic heterocycles. The first-order valence-corrected chi connectivity index (χ1v) is 7.11. The average molecular weight is 301 g/mol. The van der Waals surface area contributed by atoms with Crippen molar-refractivity contribution in [1.82, 2.24) is 4.16 Å². The molecule has 0 heterocycles. The van der Waals surface area contributed by atoms with Gasteiger partial charge in [0.15, 0.2) is 10.7 Å². The summed E-state index contributed by atoms with van der Waals surface area (Å²) in [5, 5.41) is 0. The van der Waals surface area contributed by atoms with Gasteiger partial charge >= 0.3 is 0 Å². The summed E-state index contributed by atoms with van der Waals surface area (Å²) in [6, 6.07) is 4.14. The van der Waals surface area contributed by atoms with E-state index in [0.29, 0.717) is 0 Å². The van der Waals surface area contributed by atoms with Gasteiger partial charge in [0, 0.05) is 4.47 Å². The van der Waals surface area contributed by atoms with Crippen LogP contribution in [0, 0.1) is 13.8 Å². The van der Waals surface area contributed by atoms with Crippen molar-refractivity contribution in [2.24, 2.45) is 0 Å². The van der Waals surface area contributed by atoms with E-state index in [2.05, 4.69) is 66.8 Å². The Balaban J connectivity index is 3.51. The van der Waals surface area contributed by atoms with Crippen molar-refractivity contribution in [2.45, 2.75) is 44.3 Å². The number of aryl methyl sites for hydroxylation is 2. The lowest BCUT2D eigenvalue weighted by Gasteiger charge is -2.17. The van der Waals surface area contributed by atoms with Gasteiger partial charge in [-0.15, -0.1) is 4.16 Å². The van der Waals surface area contributed by atoms with Gasteiger partial charge in [-0.2, -0.15) is 0 Å². The monoisotopic (exact) mass is 300 g/mol. The van der Waals surface area contributed by atoms with Gasteiger partial charge in [0.25, 0.3) is 0 Å². The minimum Gasteiger partial charge on any atom is -0.351 e. The lowest BCUT2D eigenvalue weighted by Crippen LogP contribution is -2.24. The fourth-order valence-corrected chi connectivity index (χ4v) is 4.03. The largest absolute Gasteiger partial charge is 0.351 e. The Hall–Kier alpha value is -0.440. The van der Waals surface area contributed by atoms with Crippen molar-refractivity contribution in [3.05, 3.63) is 33.3 Å². The predicted octanol–water partition coefficient (Wildman–Crippen LogP) is 4.11. The van der Waals surface area contributed by atoms with E-state index in [4.69, 9.17) is 0 Å². The molecule has 0 aliphatic rings. The van der Waals surface area contributed by atoms with Gasteiger partial charge in [0.05, 0.1) is 9.64 Å².